The molecule has 2 saturated carbocycles. The van der Waals surface area contributed by atoms with E-state index in [4.69, 9.17) is 4.74 Å². The third-order valence-corrected chi connectivity index (χ3v) is 7.86. The van der Waals surface area contributed by atoms with E-state index in [0.29, 0.717) is 5.41 Å². The summed E-state index contributed by atoms with van der Waals surface area (Å²) in [5.41, 5.74) is 3.83. The molecule has 0 spiro atoms. The minimum atomic E-state index is -0.120. The van der Waals surface area contributed by atoms with Crippen LogP contribution in [0.3, 0.4) is 0 Å². The zero-order valence-corrected chi connectivity index (χ0v) is 15.5. The van der Waals surface area contributed by atoms with Gasteiger partial charge in [0.25, 0.3) is 0 Å². The fourth-order valence-electron chi connectivity index (χ4n) is 6.77. The van der Waals surface area contributed by atoms with Crippen molar-refractivity contribution in [2.75, 3.05) is 0 Å². The summed E-state index contributed by atoms with van der Waals surface area (Å²) in [5.74, 6) is 3.28. The van der Waals surface area contributed by atoms with Gasteiger partial charge in [0.05, 0.1) is 0 Å². The first-order valence-corrected chi connectivity index (χ1v) is 10.1. The zero-order chi connectivity index (χ0) is 16.9. The first-order chi connectivity index (χ1) is 11.5. The van der Waals surface area contributed by atoms with E-state index in [-0.39, 0.29) is 12.1 Å². The number of esters is 1. The van der Waals surface area contributed by atoms with E-state index in [1.807, 2.05) is 0 Å². The average molecular weight is 328 g/mol. The molecule has 4 aliphatic carbocycles. The number of allylic oxidation sites excluding steroid dienone is 3. The van der Waals surface area contributed by atoms with Gasteiger partial charge in [-0.1, -0.05) is 37.1 Å². The topological polar surface area (TPSA) is 26.3 Å². The van der Waals surface area contributed by atoms with Gasteiger partial charge in [0.2, 0.25) is 0 Å². The zero-order valence-electron chi connectivity index (χ0n) is 15.5. The van der Waals surface area contributed by atoms with Crippen molar-refractivity contribution in [3.05, 3.63) is 23.3 Å². The van der Waals surface area contributed by atoms with Gasteiger partial charge < -0.3 is 4.74 Å². The molecule has 2 fully saturated rings. The Morgan fingerprint density at radius 1 is 1.21 bits per heavy atom. The SMILES string of the molecule is CCC1=CCC2C3CC=C4CC(OC(C)=O)CCC4C3CCC12C. The molecule has 0 aromatic rings. The molecule has 0 N–H and O–H groups in total. The number of hydrogen-bond donors (Lipinski definition) is 0. The van der Waals surface area contributed by atoms with Crippen LogP contribution in [0, 0.1) is 29.1 Å². The second kappa shape index (κ2) is 6.04. The van der Waals surface area contributed by atoms with Gasteiger partial charge in [-0.25, -0.2) is 0 Å². The van der Waals surface area contributed by atoms with E-state index < -0.39 is 0 Å². The Balaban J connectivity index is 1.52. The van der Waals surface area contributed by atoms with Gasteiger partial charge in [-0.05, 0) is 74.0 Å². The van der Waals surface area contributed by atoms with Gasteiger partial charge in [0.1, 0.15) is 6.10 Å². The lowest BCUT2D eigenvalue weighted by atomic mass is 9.52. The Morgan fingerprint density at radius 2 is 2.04 bits per heavy atom. The smallest absolute Gasteiger partial charge is 0.302 e. The molecule has 0 amide bonds. The molecule has 4 rings (SSSR count). The Kier molecular flexibility index (Phi) is 4.13. The molecule has 0 heterocycles. The second-order valence-corrected chi connectivity index (χ2v) is 8.84. The molecule has 0 saturated heterocycles. The van der Waals surface area contributed by atoms with E-state index >= 15 is 0 Å². The van der Waals surface area contributed by atoms with Crippen LogP contribution in [0.25, 0.3) is 0 Å². The lowest BCUT2D eigenvalue weighted by Gasteiger charge is -2.53. The fraction of sp³-hybridized carbons (Fsp3) is 0.773. The van der Waals surface area contributed by atoms with Crippen molar-refractivity contribution < 1.29 is 9.53 Å². The maximum Gasteiger partial charge on any atom is 0.302 e. The molecule has 0 radical (unpaired) electrons. The molecule has 2 heteroatoms. The Labute approximate surface area is 146 Å². The summed E-state index contributed by atoms with van der Waals surface area (Å²) in [4.78, 5) is 11.3. The third kappa shape index (κ3) is 2.48. The van der Waals surface area contributed by atoms with Crippen molar-refractivity contribution in [2.24, 2.45) is 29.1 Å². The van der Waals surface area contributed by atoms with Gasteiger partial charge in [-0.15, -0.1) is 0 Å². The third-order valence-electron chi connectivity index (χ3n) is 7.86. The number of rotatable bonds is 2. The van der Waals surface area contributed by atoms with Crippen LogP contribution < -0.4 is 0 Å². The predicted octanol–water partition coefficient (Wildman–Crippen LogP) is 5.44. The normalized spacial score (nSPS) is 43.9. The largest absolute Gasteiger partial charge is 0.462 e. The average Bonchev–Trinajstić information content (AvgIpc) is 2.90. The van der Waals surface area contributed by atoms with Crippen LogP contribution in [0.4, 0.5) is 0 Å². The molecule has 4 aliphatic rings. The van der Waals surface area contributed by atoms with Crippen LogP contribution in [0.5, 0.6) is 0 Å². The maximum absolute atomic E-state index is 11.3. The van der Waals surface area contributed by atoms with Crippen LogP contribution in [-0.2, 0) is 9.53 Å². The molecule has 0 aromatic carbocycles. The van der Waals surface area contributed by atoms with Crippen molar-refractivity contribution in [3.8, 4) is 0 Å². The fourth-order valence-corrected chi connectivity index (χ4v) is 6.77. The van der Waals surface area contributed by atoms with Crippen LogP contribution in [-0.4, -0.2) is 12.1 Å². The number of carbonyl (C=O) groups excluding carboxylic acids is 1. The van der Waals surface area contributed by atoms with Gasteiger partial charge in [-0.2, -0.15) is 0 Å². The van der Waals surface area contributed by atoms with E-state index in [9.17, 15) is 4.79 Å². The van der Waals surface area contributed by atoms with Crippen molar-refractivity contribution in [1.82, 2.24) is 0 Å². The highest BCUT2D eigenvalue weighted by molar-refractivity contribution is 5.66. The van der Waals surface area contributed by atoms with E-state index in [1.165, 1.54) is 45.4 Å². The number of ether oxygens (including phenoxy) is 1. The highest BCUT2D eigenvalue weighted by Crippen LogP contribution is 2.61. The Bertz CT molecular complexity index is 587. The number of fused-ring (bicyclic) bond motifs is 5. The lowest BCUT2D eigenvalue weighted by Crippen LogP contribution is -2.45. The van der Waals surface area contributed by atoms with E-state index in [2.05, 4.69) is 26.0 Å². The number of carbonyl (C=O) groups is 1. The standard InChI is InChI=1S/C22H32O2/c1-4-16-6-10-21-20-8-5-15-13-17(24-14(2)23)7-9-18(15)19(20)11-12-22(16,21)3/h5-6,17-21H,4,7-13H2,1-3H3. The summed E-state index contributed by atoms with van der Waals surface area (Å²) >= 11 is 0. The Hall–Kier alpha value is -1.05. The van der Waals surface area contributed by atoms with Crippen LogP contribution >= 0.6 is 0 Å². The molecule has 0 aliphatic heterocycles. The van der Waals surface area contributed by atoms with E-state index in [1.54, 1.807) is 11.1 Å². The Morgan fingerprint density at radius 3 is 2.79 bits per heavy atom. The highest BCUT2D eigenvalue weighted by atomic mass is 16.5. The molecule has 2 nitrogen and oxygen atoms in total. The van der Waals surface area contributed by atoms with Gasteiger partial charge >= 0.3 is 5.97 Å². The lowest BCUT2D eigenvalue weighted by molar-refractivity contribution is -0.147. The summed E-state index contributed by atoms with van der Waals surface area (Å²) in [6.07, 6.45) is 15.1. The molecule has 24 heavy (non-hydrogen) atoms. The van der Waals surface area contributed by atoms with Crippen molar-refractivity contribution in [3.63, 3.8) is 0 Å². The van der Waals surface area contributed by atoms with E-state index in [0.717, 1.165) is 36.5 Å². The minimum absolute atomic E-state index is 0.120. The summed E-state index contributed by atoms with van der Waals surface area (Å²) in [7, 11) is 0. The van der Waals surface area contributed by atoms with Crippen LogP contribution in [0.1, 0.15) is 72.1 Å². The van der Waals surface area contributed by atoms with Gasteiger partial charge in [-0.3, -0.25) is 4.79 Å². The molecular formula is C22H32O2. The highest BCUT2D eigenvalue weighted by Gasteiger charge is 2.52. The van der Waals surface area contributed by atoms with Crippen molar-refractivity contribution >= 4 is 5.97 Å². The summed E-state index contributed by atoms with van der Waals surface area (Å²) in [6, 6.07) is 0. The monoisotopic (exact) mass is 328 g/mol. The first kappa shape index (κ1) is 16.4. The van der Waals surface area contributed by atoms with Gasteiger partial charge in [0, 0.05) is 13.3 Å². The van der Waals surface area contributed by atoms with Gasteiger partial charge in [0.15, 0.2) is 0 Å². The summed E-state index contributed by atoms with van der Waals surface area (Å²) in [6.45, 7) is 6.42. The molecule has 6 atom stereocenters. The molecule has 0 aromatic heterocycles. The quantitative estimate of drug-likeness (QED) is 0.498. The summed E-state index contributed by atoms with van der Waals surface area (Å²) in [5, 5.41) is 0. The first-order valence-electron chi connectivity index (χ1n) is 10.1. The number of hydrogen-bond acceptors (Lipinski definition) is 2. The molecular weight excluding hydrogens is 296 g/mol. The second-order valence-electron chi connectivity index (χ2n) is 8.84. The van der Waals surface area contributed by atoms with Crippen molar-refractivity contribution in [2.45, 2.75) is 78.2 Å². The van der Waals surface area contributed by atoms with Crippen LogP contribution in [0.2, 0.25) is 0 Å². The predicted molar refractivity (Wildman–Crippen MR) is 96.4 cm³/mol. The molecule has 6 unspecified atom stereocenters. The molecule has 0 bridgehead atoms. The maximum atomic E-state index is 11.3. The van der Waals surface area contributed by atoms with Crippen LogP contribution in [0.15, 0.2) is 23.3 Å². The summed E-state index contributed by atoms with van der Waals surface area (Å²) < 4.78 is 5.50. The van der Waals surface area contributed by atoms with Crippen molar-refractivity contribution in [1.29, 1.82) is 0 Å². The minimum Gasteiger partial charge on any atom is -0.462 e. The molecule has 132 valence electrons.